The number of anilines is 1. The Morgan fingerprint density at radius 2 is 2.10 bits per heavy atom. The van der Waals surface area contributed by atoms with Gasteiger partial charge in [0.25, 0.3) is 0 Å². The lowest BCUT2D eigenvalue weighted by Gasteiger charge is -2.11. The average molecular weight is 309 g/mol. The number of hydrogen-bond donors (Lipinski definition) is 2. The predicted molar refractivity (Wildman–Crippen MR) is 76.6 cm³/mol. The molecule has 1 amide bonds. The number of benzene rings is 1. The largest absolute Gasteiger partial charge is 0.434 e. The first kappa shape index (κ1) is 18.6. The van der Waals surface area contributed by atoms with Crippen molar-refractivity contribution >= 4 is 24.0 Å². The maximum absolute atomic E-state index is 12.2. The zero-order chi connectivity index (χ0) is 14.4. The van der Waals surface area contributed by atoms with Gasteiger partial charge in [-0.15, -0.1) is 12.4 Å². The Labute approximate surface area is 123 Å². The number of carbonyl (C=O) groups excluding carboxylic acids is 1. The number of aryl methyl sites for hydroxylation is 1. The molecule has 20 heavy (non-hydrogen) atoms. The molecular formula is C13H19ClF2N2O2. The number of halogens is 3. The number of carbonyl (C=O) groups is 1. The third-order valence-electron chi connectivity index (χ3n) is 2.51. The fourth-order valence-electron chi connectivity index (χ4n) is 1.48. The minimum Gasteiger partial charge on any atom is -0.434 e. The molecule has 114 valence electrons. The van der Waals surface area contributed by atoms with E-state index < -0.39 is 6.61 Å². The van der Waals surface area contributed by atoms with Crippen molar-refractivity contribution in [3.8, 4) is 5.75 Å². The Bertz CT molecular complexity index is 442. The van der Waals surface area contributed by atoms with Crippen LogP contribution in [0.2, 0.25) is 0 Å². The highest BCUT2D eigenvalue weighted by Gasteiger charge is 2.10. The third-order valence-corrected chi connectivity index (χ3v) is 2.51. The van der Waals surface area contributed by atoms with E-state index in [0.29, 0.717) is 17.7 Å². The minimum atomic E-state index is -2.89. The average Bonchev–Trinajstić information content (AvgIpc) is 2.30. The molecular weight excluding hydrogens is 290 g/mol. The van der Waals surface area contributed by atoms with Crippen LogP contribution in [-0.2, 0) is 4.79 Å². The molecule has 3 N–H and O–H groups in total. The molecule has 1 unspecified atom stereocenters. The summed E-state index contributed by atoms with van der Waals surface area (Å²) in [6, 6.07) is 4.57. The van der Waals surface area contributed by atoms with Crippen molar-refractivity contribution in [2.45, 2.75) is 39.3 Å². The van der Waals surface area contributed by atoms with Gasteiger partial charge >= 0.3 is 6.61 Å². The van der Waals surface area contributed by atoms with Crippen molar-refractivity contribution in [2.75, 3.05) is 5.32 Å². The molecule has 1 aromatic rings. The van der Waals surface area contributed by atoms with E-state index in [0.717, 1.165) is 0 Å². The number of amides is 1. The monoisotopic (exact) mass is 308 g/mol. The highest BCUT2D eigenvalue weighted by atomic mass is 35.5. The molecule has 0 saturated carbocycles. The third kappa shape index (κ3) is 6.68. The molecule has 0 aromatic heterocycles. The Balaban J connectivity index is 0.00000361. The second kappa shape index (κ2) is 8.71. The molecule has 1 atom stereocenters. The van der Waals surface area contributed by atoms with Gasteiger partial charge in [-0.25, -0.2) is 0 Å². The molecule has 0 aliphatic heterocycles. The Morgan fingerprint density at radius 1 is 1.45 bits per heavy atom. The maximum Gasteiger partial charge on any atom is 0.387 e. The molecule has 1 aromatic carbocycles. The van der Waals surface area contributed by atoms with Crippen LogP contribution in [0.15, 0.2) is 18.2 Å². The van der Waals surface area contributed by atoms with Crippen LogP contribution in [0.4, 0.5) is 14.5 Å². The second-order valence-corrected chi connectivity index (χ2v) is 4.42. The maximum atomic E-state index is 12.2. The molecule has 1 rings (SSSR count). The second-order valence-electron chi connectivity index (χ2n) is 4.42. The van der Waals surface area contributed by atoms with E-state index in [9.17, 15) is 13.6 Å². The van der Waals surface area contributed by atoms with Gasteiger partial charge in [0.05, 0.1) is 0 Å². The van der Waals surface area contributed by atoms with Gasteiger partial charge in [-0.3, -0.25) is 4.79 Å². The van der Waals surface area contributed by atoms with Gasteiger partial charge < -0.3 is 15.8 Å². The zero-order valence-corrected chi connectivity index (χ0v) is 12.2. The van der Waals surface area contributed by atoms with Crippen molar-refractivity contribution in [2.24, 2.45) is 5.73 Å². The Kier molecular flexibility index (Phi) is 8.10. The number of nitrogens with two attached hydrogens (primary N) is 1. The van der Waals surface area contributed by atoms with Crippen LogP contribution in [0.25, 0.3) is 0 Å². The van der Waals surface area contributed by atoms with E-state index in [-0.39, 0.29) is 36.5 Å². The van der Waals surface area contributed by atoms with Gasteiger partial charge in [-0.05, 0) is 31.9 Å². The fourth-order valence-corrected chi connectivity index (χ4v) is 1.48. The van der Waals surface area contributed by atoms with Crippen LogP contribution in [0.5, 0.6) is 5.75 Å². The normalized spacial score (nSPS) is 11.7. The van der Waals surface area contributed by atoms with Crippen molar-refractivity contribution in [1.29, 1.82) is 0 Å². The van der Waals surface area contributed by atoms with Gasteiger partial charge in [0, 0.05) is 24.2 Å². The minimum absolute atomic E-state index is 0. The summed E-state index contributed by atoms with van der Waals surface area (Å²) in [6.07, 6.45) is 0.856. The molecule has 0 heterocycles. The van der Waals surface area contributed by atoms with Gasteiger partial charge in [0.1, 0.15) is 5.75 Å². The smallest absolute Gasteiger partial charge is 0.387 e. The lowest BCUT2D eigenvalue weighted by atomic mass is 10.1. The van der Waals surface area contributed by atoms with E-state index in [1.54, 1.807) is 19.1 Å². The van der Waals surface area contributed by atoms with Crippen LogP contribution in [0.3, 0.4) is 0 Å². The van der Waals surface area contributed by atoms with Crippen molar-refractivity contribution in [3.05, 3.63) is 23.8 Å². The van der Waals surface area contributed by atoms with Crippen molar-refractivity contribution < 1.29 is 18.3 Å². The van der Waals surface area contributed by atoms with E-state index in [1.165, 1.54) is 6.07 Å². The predicted octanol–water partition coefficient (Wildman–Crippen LogP) is 3.08. The first-order chi connectivity index (χ1) is 8.88. The first-order valence-electron chi connectivity index (χ1n) is 5.99. The van der Waals surface area contributed by atoms with E-state index in [2.05, 4.69) is 10.1 Å². The standard InChI is InChI=1S/C13H18F2N2O2.ClH/c1-8-3-5-10(7-11(8)19-13(14)15)17-12(18)6-4-9(2)16;/h3,5,7,9,13H,4,6,16H2,1-2H3,(H,17,18);1H. The van der Waals surface area contributed by atoms with Gasteiger partial charge in [-0.1, -0.05) is 6.07 Å². The number of alkyl halides is 2. The summed E-state index contributed by atoms with van der Waals surface area (Å²) in [4.78, 5) is 11.6. The van der Waals surface area contributed by atoms with Crippen molar-refractivity contribution in [1.82, 2.24) is 0 Å². The number of rotatable bonds is 6. The van der Waals surface area contributed by atoms with Crippen LogP contribution in [0.1, 0.15) is 25.3 Å². The zero-order valence-electron chi connectivity index (χ0n) is 11.4. The molecule has 0 bridgehead atoms. The SMILES string of the molecule is Cc1ccc(NC(=O)CCC(C)N)cc1OC(F)F.Cl. The molecule has 0 aliphatic rings. The topological polar surface area (TPSA) is 64.4 Å². The first-order valence-corrected chi connectivity index (χ1v) is 5.99. The molecule has 7 heteroatoms. The van der Waals surface area contributed by atoms with E-state index >= 15 is 0 Å². The summed E-state index contributed by atoms with van der Waals surface area (Å²) in [7, 11) is 0. The number of hydrogen-bond acceptors (Lipinski definition) is 3. The summed E-state index contributed by atoms with van der Waals surface area (Å²) in [5, 5.41) is 2.62. The van der Waals surface area contributed by atoms with Crippen LogP contribution < -0.4 is 15.8 Å². The molecule has 4 nitrogen and oxygen atoms in total. The summed E-state index contributed by atoms with van der Waals surface area (Å²) >= 11 is 0. The number of nitrogens with one attached hydrogen (secondary N) is 1. The molecule has 0 spiro atoms. The highest BCUT2D eigenvalue weighted by Crippen LogP contribution is 2.24. The summed E-state index contributed by atoms with van der Waals surface area (Å²) in [5.41, 5.74) is 6.55. The van der Waals surface area contributed by atoms with Crippen LogP contribution >= 0.6 is 12.4 Å². The summed E-state index contributed by atoms with van der Waals surface area (Å²) in [5.74, 6) is -0.149. The highest BCUT2D eigenvalue weighted by molar-refractivity contribution is 5.90. The van der Waals surface area contributed by atoms with E-state index in [4.69, 9.17) is 5.73 Å². The van der Waals surface area contributed by atoms with Gasteiger partial charge in [0.2, 0.25) is 5.91 Å². The fraction of sp³-hybridized carbons (Fsp3) is 0.462. The Hall–Kier alpha value is -1.40. The lowest BCUT2D eigenvalue weighted by Crippen LogP contribution is -2.19. The molecule has 0 saturated heterocycles. The number of ether oxygens (including phenoxy) is 1. The summed E-state index contributed by atoms with van der Waals surface area (Å²) in [6.45, 7) is 0.579. The Morgan fingerprint density at radius 3 is 2.65 bits per heavy atom. The van der Waals surface area contributed by atoms with Crippen LogP contribution in [-0.4, -0.2) is 18.6 Å². The van der Waals surface area contributed by atoms with Gasteiger partial charge in [-0.2, -0.15) is 8.78 Å². The van der Waals surface area contributed by atoms with Crippen LogP contribution in [0, 0.1) is 6.92 Å². The molecule has 0 fully saturated rings. The summed E-state index contributed by atoms with van der Waals surface area (Å²) < 4.78 is 28.7. The van der Waals surface area contributed by atoms with E-state index in [1.807, 2.05) is 6.92 Å². The van der Waals surface area contributed by atoms with Crippen molar-refractivity contribution in [3.63, 3.8) is 0 Å². The quantitative estimate of drug-likeness (QED) is 0.849. The molecule has 0 aliphatic carbocycles. The molecule has 0 radical (unpaired) electrons. The lowest BCUT2D eigenvalue weighted by molar-refractivity contribution is -0.116. The van der Waals surface area contributed by atoms with Gasteiger partial charge in [0.15, 0.2) is 0 Å².